The fraction of sp³-hybridized carbons (Fsp3) is 0.562. The number of thioether (sulfide) groups is 1. The summed E-state index contributed by atoms with van der Waals surface area (Å²) >= 11 is 1.22. The quantitative estimate of drug-likeness (QED) is 0.607. The molecular formula is C16H21N5O2S. The van der Waals surface area contributed by atoms with E-state index < -0.39 is 5.56 Å². The smallest absolute Gasteiger partial charge is 0.277 e. The standard InChI is InChI=1S/C16H21N5O2S/c1-6-7-21-13-11(15(22)20(5)16(21)23)14(24-10(4)8-17)19-12(18-13)9(2)3/h9-10H,6-7H2,1-5H3. The predicted molar refractivity (Wildman–Crippen MR) is 94.4 cm³/mol. The molecule has 0 saturated heterocycles. The summed E-state index contributed by atoms with van der Waals surface area (Å²) in [5, 5.41) is 9.51. The van der Waals surface area contributed by atoms with E-state index in [2.05, 4.69) is 16.0 Å². The molecule has 0 N–H and O–H groups in total. The zero-order chi connectivity index (χ0) is 18.0. The lowest BCUT2D eigenvalue weighted by molar-refractivity contribution is 0.603. The number of rotatable bonds is 5. The van der Waals surface area contributed by atoms with Crippen molar-refractivity contribution in [3.63, 3.8) is 0 Å². The van der Waals surface area contributed by atoms with Gasteiger partial charge in [-0.1, -0.05) is 32.5 Å². The number of nitriles is 1. The molecule has 0 aromatic carbocycles. The molecule has 0 aliphatic rings. The lowest BCUT2D eigenvalue weighted by Crippen LogP contribution is -2.39. The average Bonchev–Trinajstić information content (AvgIpc) is 2.55. The molecule has 0 aliphatic heterocycles. The SMILES string of the molecule is CCCn1c(=O)n(C)c(=O)c2c(SC(C)C#N)nc(C(C)C)nc21. The van der Waals surface area contributed by atoms with Crippen molar-refractivity contribution in [3.8, 4) is 6.07 Å². The van der Waals surface area contributed by atoms with E-state index in [0.29, 0.717) is 28.4 Å². The molecule has 24 heavy (non-hydrogen) atoms. The van der Waals surface area contributed by atoms with Crippen LogP contribution in [-0.4, -0.2) is 24.4 Å². The molecule has 0 spiro atoms. The van der Waals surface area contributed by atoms with Crippen LogP contribution in [0.4, 0.5) is 0 Å². The van der Waals surface area contributed by atoms with Crippen LogP contribution in [0.5, 0.6) is 0 Å². The Morgan fingerprint density at radius 2 is 1.92 bits per heavy atom. The van der Waals surface area contributed by atoms with Gasteiger partial charge in [-0.3, -0.25) is 13.9 Å². The van der Waals surface area contributed by atoms with E-state index in [1.54, 1.807) is 6.92 Å². The zero-order valence-electron chi connectivity index (χ0n) is 14.5. The van der Waals surface area contributed by atoms with E-state index in [-0.39, 0.29) is 16.9 Å². The normalized spacial score (nSPS) is 12.5. The van der Waals surface area contributed by atoms with Crippen LogP contribution >= 0.6 is 11.8 Å². The number of fused-ring (bicyclic) bond motifs is 1. The van der Waals surface area contributed by atoms with Crippen LogP contribution in [0.25, 0.3) is 11.0 Å². The third kappa shape index (κ3) is 3.22. The minimum absolute atomic E-state index is 0.0420. The summed E-state index contributed by atoms with van der Waals surface area (Å²) < 4.78 is 2.60. The van der Waals surface area contributed by atoms with Crippen molar-refractivity contribution in [1.82, 2.24) is 19.1 Å². The maximum atomic E-state index is 12.7. The second-order valence-corrected chi connectivity index (χ2v) is 7.26. The minimum Gasteiger partial charge on any atom is -0.277 e. The lowest BCUT2D eigenvalue weighted by Gasteiger charge is -2.15. The zero-order valence-corrected chi connectivity index (χ0v) is 15.3. The van der Waals surface area contributed by atoms with Gasteiger partial charge in [0.1, 0.15) is 16.2 Å². The summed E-state index contributed by atoms with van der Waals surface area (Å²) in [5.74, 6) is 0.605. The van der Waals surface area contributed by atoms with Crippen LogP contribution in [-0.2, 0) is 13.6 Å². The third-order valence-electron chi connectivity index (χ3n) is 3.60. The average molecular weight is 347 g/mol. The van der Waals surface area contributed by atoms with Crippen LogP contribution < -0.4 is 11.2 Å². The first-order valence-corrected chi connectivity index (χ1v) is 8.77. The lowest BCUT2D eigenvalue weighted by atomic mass is 10.2. The number of hydrogen-bond acceptors (Lipinski definition) is 6. The van der Waals surface area contributed by atoms with Crippen molar-refractivity contribution >= 4 is 22.8 Å². The Bertz CT molecular complexity index is 923. The predicted octanol–water partition coefficient (Wildman–Crippen LogP) is 2.03. The number of hydrogen-bond donors (Lipinski definition) is 0. The van der Waals surface area contributed by atoms with Crippen molar-refractivity contribution < 1.29 is 0 Å². The van der Waals surface area contributed by atoms with Gasteiger partial charge in [-0.05, 0) is 13.3 Å². The molecule has 0 amide bonds. The molecule has 0 radical (unpaired) electrons. The fourth-order valence-corrected chi connectivity index (χ4v) is 3.15. The van der Waals surface area contributed by atoms with Gasteiger partial charge in [0.05, 0.1) is 11.3 Å². The van der Waals surface area contributed by atoms with E-state index >= 15 is 0 Å². The molecule has 1 unspecified atom stereocenters. The molecule has 0 bridgehead atoms. The van der Waals surface area contributed by atoms with Gasteiger partial charge in [-0.15, -0.1) is 0 Å². The monoisotopic (exact) mass is 347 g/mol. The molecule has 2 heterocycles. The molecule has 1 atom stereocenters. The molecule has 2 aromatic rings. The number of nitrogens with zero attached hydrogens (tertiary/aromatic N) is 5. The van der Waals surface area contributed by atoms with Crippen molar-refractivity contribution in [3.05, 3.63) is 26.7 Å². The fourth-order valence-electron chi connectivity index (χ4n) is 2.32. The largest absolute Gasteiger partial charge is 0.332 e. The third-order valence-corrected chi connectivity index (χ3v) is 4.58. The van der Waals surface area contributed by atoms with Crippen molar-refractivity contribution in [2.45, 2.75) is 56.9 Å². The Hall–Kier alpha value is -2.14. The molecule has 2 rings (SSSR count). The van der Waals surface area contributed by atoms with Crippen LogP contribution in [0.15, 0.2) is 14.6 Å². The maximum Gasteiger partial charge on any atom is 0.332 e. The number of aromatic nitrogens is 4. The molecule has 128 valence electrons. The molecular weight excluding hydrogens is 326 g/mol. The summed E-state index contributed by atoms with van der Waals surface area (Å²) in [5.41, 5.74) is -0.450. The molecule has 7 nitrogen and oxygen atoms in total. The summed E-state index contributed by atoms with van der Waals surface area (Å²) in [6.45, 7) is 8.08. The Kier molecular flexibility index (Phi) is 5.44. The van der Waals surface area contributed by atoms with Crippen molar-refractivity contribution in [1.29, 1.82) is 5.26 Å². The first-order valence-electron chi connectivity index (χ1n) is 7.89. The minimum atomic E-state index is -0.426. The van der Waals surface area contributed by atoms with E-state index in [9.17, 15) is 9.59 Å². The van der Waals surface area contributed by atoms with Crippen LogP contribution in [0.2, 0.25) is 0 Å². The molecule has 0 saturated carbocycles. The Morgan fingerprint density at radius 1 is 1.25 bits per heavy atom. The van der Waals surface area contributed by atoms with Crippen LogP contribution in [0.3, 0.4) is 0 Å². The van der Waals surface area contributed by atoms with Gasteiger partial charge in [0.25, 0.3) is 5.56 Å². The van der Waals surface area contributed by atoms with Crippen molar-refractivity contribution in [2.24, 2.45) is 7.05 Å². The Morgan fingerprint density at radius 3 is 2.46 bits per heavy atom. The van der Waals surface area contributed by atoms with Crippen molar-refractivity contribution in [2.75, 3.05) is 0 Å². The summed E-state index contributed by atoms with van der Waals surface area (Å²) in [6.07, 6.45) is 0.741. The second-order valence-electron chi connectivity index (χ2n) is 5.93. The highest BCUT2D eigenvalue weighted by molar-refractivity contribution is 8.00. The van der Waals surface area contributed by atoms with E-state index in [1.807, 2.05) is 20.8 Å². The first kappa shape index (κ1) is 18.2. The van der Waals surface area contributed by atoms with Gasteiger partial charge in [0.2, 0.25) is 0 Å². The van der Waals surface area contributed by atoms with Gasteiger partial charge < -0.3 is 0 Å². The van der Waals surface area contributed by atoms with E-state index in [1.165, 1.54) is 23.4 Å². The Labute approximate surface area is 144 Å². The molecule has 0 fully saturated rings. The number of aryl methyl sites for hydroxylation is 1. The summed E-state index contributed by atoms with van der Waals surface area (Å²) in [4.78, 5) is 34.1. The van der Waals surface area contributed by atoms with Gasteiger partial charge in [0.15, 0.2) is 5.65 Å². The molecule has 8 heteroatoms. The highest BCUT2D eigenvalue weighted by Gasteiger charge is 2.20. The van der Waals surface area contributed by atoms with E-state index in [0.717, 1.165) is 11.0 Å². The van der Waals surface area contributed by atoms with Gasteiger partial charge in [-0.2, -0.15) is 5.26 Å². The Balaban J connectivity index is 2.97. The van der Waals surface area contributed by atoms with Crippen LogP contribution in [0.1, 0.15) is 45.9 Å². The highest BCUT2D eigenvalue weighted by atomic mass is 32.2. The van der Waals surface area contributed by atoms with E-state index in [4.69, 9.17) is 5.26 Å². The second kappa shape index (κ2) is 7.18. The molecule has 0 aliphatic carbocycles. The van der Waals surface area contributed by atoms with Gasteiger partial charge in [-0.25, -0.2) is 14.8 Å². The molecule has 2 aromatic heterocycles. The topological polar surface area (TPSA) is 93.6 Å². The van der Waals surface area contributed by atoms with Gasteiger partial charge in [0, 0.05) is 19.5 Å². The van der Waals surface area contributed by atoms with Gasteiger partial charge >= 0.3 is 5.69 Å². The highest BCUT2D eigenvalue weighted by Crippen LogP contribution is 2.27. The summed E-state index contributed by atoms with van der Waals surface area (Å²) in [7, 11) is 1.45. The maximum absolute atomic E-state index is 12.7. The van der Waals surface area contributed by atoms with Crippen LogP contribution in [0, 0.1) is 11.3 Å². The summed E-state index contributed by atoms with van der Waals surface area (Å²) in [6, 6.07) is 2.14. The first-order chi connectivity index (χ1) is 11.3.